The van der Waals surface area contributed by atoms with Gasteiger partial charge in [-0.25, -0.2) is 4.98 Å². The van der Waals surface area contributed by atoms with Gasteiger partial charge in [0, 0.05) is 37.1 Å². The molecule has 3 rings (SSSR count). The fraction of sp³-hybridized carbons (Fsp3) is 0.412. The zero-order valence-corrected chi connectivity index (χ0v) is 14.6. The van der Waals surface area contributed by atoms with Crippen molar-refractivity contribution >= 4 is 17.0 Å². The second kappa shape index (κ2) is 6.07. The highest BCUT2D eigenvalue weighted by molar-refractivity contribution is 6.06. The number of hydrogen-bond donors (Lipinski definition) is 0. The molecule has 3 aromatic rings. The van der Waals surface area contributed by atoms with Gasteiger partial charge < -0.3 is 9.42 Å². The number of pyridine rings is 1. The van der Waals surface area contributed by atoms with E-state index in [0.717, 1.165) is 11.3 Å². The van der Waals surface area contributed by atoms with Crippen LogP contribution in [0.15, 0.2) is 23.0 Å². The Kier molecular flexibility index (Phi) is 4.09. The Balaban J connectivity index is 2.03. The van der Waals surface area contributed by atoms with Gasteiger partial charge in [0.2, 0.25) is 0 Å². The van der Waals surface area contributed by atoms with Gasteiger partial charge in [0.05, 0.1) is 22.8 Å². The molecule has 0 aromatic carbocycles. The molecule has 0 unspecified atom stereocenters. The second-order valence-corrected chi connectivity index (χ2v) is 6.31. The van der Waals surface area contributed by atoms with E-state index in [1.165, 1.54) is 0 Å². The van der Waals surface area contributed by atoms with Crippen LogP contribution in [0.4, 0.5) is 0 Å². The van der Waals surface area contributed by atoms with Crippen molar-refractivity contribution in [3.63, 3.8) is 0 Å². The van der Waals surface area contributed by atoms with E-state index in [9.17, 15) is 4.79 Å². The van der Waals surface area contributed by atoms with Crippen LogP contribution in [0.25, 0.3) is 11.1 Å². The fourth-order valence-corrected chi connectivity index (χ4v) is 2.78. The second-order valence-electron chi connectivity index (χ2n) is 6.31. The predicted octanol–water partition coefficient (Wildman–Crippen LogP) is 2.62. The SMILES string of the molecule is Cc1cc(C(=O)N(Cc2cnn(C)c2)C(C)C)c2c(C)noc2n1. The van der Waals surface area contributed by atoms with E-state index >= 15 is 0 Å². The molecule has 1 amide bonds. The molecule has 0 spiro atoms. The summed E-state index contributed by atoms with van der Waals surface area (Å²) in [5, 5.41) is 8.81. The predicted molar refractivity (Wildman–Crippen MR) is 89.5 cm³/mol. The first-order valence-corrected chi connectivity index (χ1v) is 7.89. The Bertz CT molecular complexity index is 894. The Morgan fingerprint density at radius 2 is 2.12 bits per heavy atom. The average molecular weight is 327 g/mol. The molecular formula is C17H21N5O2. The minimum absolute atomic E-state index is 0.0430. The Morgan fingerprint density at radius 3 is 2.75 bits per heavy atom. The number of aryl methyl sites for hydroxylation is 3. The van der Waals surface area contributed by atoms with Crippen molar-refractivity contribution in [2.75, 3.05) is 0 Å². The minimum Gasteiger partial charge on any atom is -0.336 e. The summed E-state index contributed by atoms with van der Waals surface area (Å²) in [7, 11) is 1.86. The van der Waals surface area contributed by atoms with Crippen molar-refractivity contribution in [1.29, 1.82) is 0 Å². The standard InChI is InChI=1S/C17H21N5O2/c1-10(2)22(9-13-7-18-21(5)8-13)17(23)14-6-11(3)19-16-15(14)12(4)20-24-16/h6-8,10H,9H2,1-5H3. The van der Waals surface area contributed by atoms with Crippen LogP contribution in [0.5, 0.6) is 0 Å². The highest BCUT2D eigenvalue weighted by Gasteiger charge is 2.24. The van der Waals surface area contributed by atoms with Crippen LogP contribution in [0.2, 0.25) is 0 Å². The van der Waals surface area contributed by atoms with E-state index in [-0.39, 0.29) is 11.9 Å². The molecule has 0 saturated carbocycles. The number of amides is 1. The number of carbonyl (C=O) groups excluding carboxylic acids is 1. The summed E-state index contributed by atoms with van der Waals surface area (Å²) >= 11 is 0. The third-order valence-electron chi connectivity index (χ3n) is 3.97. The lowest BCUT2D eigenvalue weighted by Gasteiger charge is -2.26. The maximum Gasteiger partial charge on any atom is 0.258 e. The molecule has 7 heteroatoms. The van der Waals surface area contributed by atoms with Gasteiger partial charge in [-0.3, -0.25) is 9.48 Å². The monoisotopic (exact) mass is 327 g/mol. The maximum absolute atomic E-state index is 13.2. The first-order chi connectivity index (χ1) is 11.4. The Hall–Kier alpha value is -2.70. The molecule has 3 heterocycles. The van der Waals surface area contributed by atoms with Gasteiger partial charge in [-0.15, -0.1) is 0 Å². The van der Waals surface area contributed by atoms with E-state index in [0.29, 0.717) is 28.9 Å². The summed E-state index contributed by atoms with van der Waals surface area (Å²) < 4.78 is 6.97. The average Bonchev–Trinajstić information content (AvgIpc) is 3.09. The van der Waals surface area contributed by atoms with Crippen LogP contribution in [0.3, 0.4) is 0 Å². The molecule has 0 bridgehead atoms. The van der Waals surface area contributed by atoms with Crippen LogP contribution in [0, 0.1) is 13.8 Å². The first kappa shape index (κ1) is 16.2. The number of nitrogens with zero attached hydrogens (tertiary/aromatic N) is 5. The van der Waals surface area contributed by atoms with Gasteiger partial charge in [0.15, 0.2) is 0 Å². The fourth-order valence-electron chi connectivity index (χ4n) is 2.78. The zero-order chi connectivity index (χ0) is 17.4. The van der Waals surface area contributed by atoms with Gasteiger partial charge in [-0.1, -0.05) is 5.16 Å². The quantitative estimate of drug-likeness (QED) is 0.736. The molecule has 0 aliphatic carbocycles. The van der Waals surface area contributed by atoms with Crippen molar-refractivity contribution in [1.82, 2.24) is 24.8 Å². The lowest BCUT2D eigenvalue weighted by molar-refractivity contribution is 0.0692. The van der Waals surface area contributed by atoms with Crippen molar-refractivity contribution in [3.05, 3.63) is 41.0 Å². The molecule has 0 aliphatic rings. The molecule has 24 heavy (non-hydrogen) atoms. The number of hydrogen-bond acceptors (Lipinski definition) is 5. The highest BCUT2D eigenvalue weighted by Crippen LogP contribution is 2.24. The van der Waals surface area contributed by atoms with E-state index < -0.39 is 0 Å². The molecule has 0 aliphatic heterocycles. The van der Waals surface area contributed by atoms with E-state index in [2.05, 4.69) is 15.2 Å². The van der Waals surface area contributed by atoms with Crippen molar-refractivity contribution < 1.29 is 9.32 Å². The molecule has 0 saturated heterocycles. The largest absolute Gasteiger partial charge is 0.336 e. The van der Waals surface area contributed by atoms with Crippen LogP contribution in [-0.4, -0.2) is 36.8 Å². The molecule has 7 nitrogen and oxygen atoms in total. The summed E-state index contributed by atoms with van der Waals surface area (Å²) in [4.78, 5) is 19.4. The molecule has 0 atom stereocenters. The normalized spacial score (nSPS) is 11.4. The molecule has 0 N–H and O–H groups in total. The third-order valence-corrected chi connectivity index (χ3v) is 3.97. The van der Waals surface area contributed by atoms with E-state index in [1.54, 1.807) is 16.9 Å². The topological polar surface area (TPSA) is 77.0 Å². The molecule has 0 fully saturated rings. The van der Waals surface area contributed by atoms with E-state index in [1.807, 2.05) is 45.8 Å². The van der Waals surface area contributed by atoms with Crippen molar-refractivity contribution in [2.45, 2.75) is 40.3 Å². The number of fused-ring (bicyclic) bond motifs is 1. The summed E-state index contributed by atoms with van der Waals surface area (Å²) in [6.45, 7) is 8.16. The molecule has 126 valence electrons. The Labute approximate surface area is 140 Å². The van der Waals surface area contributed by atoms with Crippen LogP contribution < -0.4 is 0 Å². The maximum atomic E-state index is 13.2. The number of carbonyl (C=O) groups is 1. The highest BCUT2D eigenvalue weighted by atomic mass is 16.5. The van der Waals surface area contributed by atoms with Gasteiger partial charge >= 0.3 is 0 Å². The van der Waals surface area contributed by atoms with Crippen LogP contribution in [-0.2, 0) is 13.6 Å². The summed E-state index contributed by atoms with van der Waals surface area (Å²) in [6.07, 6.45) is 3.70. The van der Waals surface area contributed by atoms with Gasteiger partial charge in [-0.2, -0.15) is 5.10 Å². The number of rotatable bonds is 4. The molecule has 3 aromatic heterocycles. The zero-order valence-electron chi connectivity index (χ0n) is 14.6. The number of aromatic nitrogens is 4. The van der Waals surface area contributed by atoms with E-state index in [4.69, 9.17) is 4.52 Å². The minimum atomic E-state index is -0.0596. The van der Waals surface area contributed by atoms with Crippen LogP contribution >= 0.6 is 0 Å². The summed E-state index contributed by atoms with van der Waals surface area (Å²) in [5.41, 5.74) is 3.37. The Morgan fingerprint density at radius 1 is 1.38 bits per heavy atom. The van der Waals surface area contributed by atoms with Crippen LogP contribution in [0.1, 0.15) is 41.2 Å². The summed E-state index contributed by atoms with van der Waals surface area (Å²) in [6, 6.07) is 1.84. The molecule has 0 radical (unpaired) electrons. The summed E-state index contributed by atoms with van der Waals surface area (Å²) in [5.74, 6) is -0.0596. The van der Waals surface area contributed by atoms with Gasteiger partial charge in [0.1, 0.15) is 0 Å². The lowest BCUT2D eigenvalue weighted by Crippen LogP contribution is -2.36. The first-order valence-electron chi connectivity index (χ1n) is 7.89. The lowest BCUT2D eigenvalue weighted by atomic mass is 10.1. The van der Waals surface area contributed by atoms with Crippen molar-refractivity contribution in [2.24, 2.45) is 7.05 Å². The van der Waals surface area contributed by atoms with Gasteiger partial charge in [0.25, 0.3) is 11.6 Å². The smallest absolute Gasteiger partial charge is 0.258 e. The molecular weight excluding hydrogens is 306 g/mol. The van der Waals surface area contributed by atoms with Gasteiger partial charge in [-0.05, 0) is 33.8 Å². The third kappa shape index (κ3) is 2.89. The van der Waals surface area contributed by atoms with Crippen molar-refractivity contribution in [3.8, 4) is 0 Å².